The highest BCUT2D eigenvalue weighted by Gasteiger charge is 2.50. The van der Waals surface area contributed by atoms with E-state index in [1.165, 1.54) is 20.1 Å². The van der Waals surface area contributed by atoms with Crippen LogP contribution in [0.5, 0.6) is 0 Å². The standard InChI is InChI=1S/C23H38N7O16P3S/c1-4-24-19-15-20(28-11-27-19)30(12-29-15)22-16(32)17(45-47(35,36)37)13(44-22)9-42-48(38,39)46-49(40,41)43-10-23(2,3)18(33)21(34)26-6-5-14(31)25-7-8-50/h4,11-13,16-18,22,32-33,50H,5-10H2,1-3H3,(H,25,31)(H,26,34)(H,38,39)(H,40,41)(H2,35,36,37)/t13-,16-,17-,18+,22-/m1/s1. The van der Waals surface area contributed by atoms with E-state index < -0.39 is 78.6 Å². The van der Waals surface area contributed by atoms with Crippen molar-refractivity contribution in [3.05, 3.63) is 12.7 Å². The highest BCUT2D eigenvalue weighted by Crippen LogP contribution is 2.61. The minimum absolute atomic E-state index is 0.0773. The number of fused-ring (bicyclic) bond motifs is 1. The first-order chi connectivity index (χ1) is 23.2. The summed E-state index contributed by atoms with van der Waals surface area (Å²) in [7, 11) is -16.3. The topological polar surface area (TPSA) is 333 Å². The fourth-order valence-corrected chi connectivity index (χ4v) is 7.26. The van der Waals surface area contributed by atoms with Gasteiger partial charge in [0.2, 0.25) is 11.8 Å². The summed E-state index contributed by atoms with van der Waals surface area (Å²) in [6.07, 6.45) is -5.19. The number of aromatic nitrogens is 4. The van der Waals surface area contributed by atoms with E-state index in [1.54, 1.807) is 6.92 Å². The lowest BCUT2D eigenvalue weighted by atomic mass is 9.87. The van der Waals surface area contributed by atoms with Crippen LogP contribution in [-0.2, 0) is 45.9 Å². The molecule has 2 aromatic heterocycles. The SMILES string of the molecule is CC=Nc1ncnc2c1ncn2[C@@H]1O[C@H](COP(=O)(O)OP(=O)(O)OCC(C)(C)[C@@H](O)C(=O)NCCC(=O)NCCS)[C@@H](OP(=O)(O)O)[C@H]1O. The molecule has 23 nitrogen and oxygen atoms in total. The Balaban J connectivity index is 1.64. The molecule has 1 saturated heterocycles. The molecule has 2 aromatic rings. The zero-order chi connectivity index (χ0) is 37.5. The molecule has 0 aromatic carbocycles. The van der Waals surface area contributed by atoms with Gasteiger partial charge in [-0.15, -0.1) is 0 Å². The lowest BCUT2D eigenvalue weighted by Gasteiger charge is -2.30. The fourth-order valence-electron chi connectivity index (χ4n) is 4.32. The summed E-state index contributed by atoms with van der Waals surface area (Å²) in [4.78, 5) is 79.4. The third kappa shape index (κ3) is 11.9. The molecule has 27 heteroatoms. The van der Waals surface area contributed by atoms with Crippen LogP contribution < -0.4 is 10.6 Å². The zero-order valence-electron chi connectivity index (χ0n) is 26.7. The number of phosphoric acid groups is 3. The summed E-state index contributed by atoms with van der Waals surface area (Å²) in [5, 5.41) is 26.2. The van der Waals surface area contributed by atoms with Gasteiger partial charge < -0.3 is 45.2 Å². The number of aliphatic hydroxyl groups is 2. The van der Waals surface area contributed by atoms with Crippen molar-refractivity contribution in [3.8, 4) is 0 Å². The Hall–Kier alpha value is -2.24. The van der Waals surface area contributed by atoms with E-state index >= 15 is 0 Å². The molecule has 7 atom stereocenters. The quantitative estimate of drug-likeness (QED) is 0.0490. The maximum absolute atomic E-state index is 12.6. The van der Waals surface area contributed by atoms with E-state index in [9.17, 15) is 53.1 Å². The molecule has 1 aliphatic heterocycles. The Morgan fingerprint density at radius 2 is 1.80 bits per heavy atom. The summed E-state index contributed by atoms with van der Waals surface area (Å²) >= 11 is 3.95. The molecule has 2 unspecified atom stereocenters. The van der Waals surface area contributed by atoms with Gasteiger partial charge in [0.1, 0.15) is 30.7 Å². The maximum atomic E-state index is 12.6. The van der Waals surface area contributed by atoms with Crippen LogP contribution in [0.4, 0.5) is 5.82 Å². The average Bonchev–Trinajstić information content (AvgIpc) is 3.57. The molecule has 0 aliphatic carbocycles. The molecule has 3 rings (SSSR count). The van der Waals surface area contributed by atoms with Gasteiger partial charge in [-0.05, 0) is 6.92 Å². The lowest BCUT2D eigenvalue weighted by Crippen LogP contribution is -2.46. The Bertz CT molecular complexity index is 1670. The van der Waals surface area contributed by atoms with Gasteiger partial charge in [0.05, 0.1) is 19.5 Å². The van der Waals surface area contributed by atoms with Crippen LogP contribution in [-0.4, -0.2) is 124 Å². The Morgan fingerprint density at radius 1 is 1.12 bits per heavy atom. The summed E-state index contributed by atoms with van der Waals surface area (Å²) in [6.45, 7) is 2.36. The highest BCUT2D eigenvalue weighted by atomic mass is 32.1. The van der Waals surface area contributed by atoms with Crippen molar-refractivity contribution in [3.63, 3.8) is 0 Å². The molecule has 0 radical (unpaired) electrons. The predicted molar refractivity (Wildman–Crippen MR) is 173 cm³/mol. The number of hydrogen-bond donors (Lipinski definition) is 9. The van der Waals surface area contributed by atoms with Gasteiger partial charge in [0.15, 0.2) is 23.2 Å². The molecule has 282 valence electrons. The summed E-state index contributed by atoms with van der Waals surface area (Å²) in [5.41, 5.74) is -1.34. The molecule has 1 fully saturated rings. The number of phosphoric ester groups is 3. The molecule has 0 bridgehead atoms. The van der Waals surface area contributed by atoms with Crippen LogP contribution in [0, 0.1) is 5.41 Å². The van der Waals surface area contributed by atoms with E-state index in [4.69, 9.17) is 13.8 Å². The first kappa shape index (κ1) is 42.2. The van der Waals surface area contributed by atoms with Crippen molar-refractivity contribution in [1.29, 1.82) is 0 Å². The molecule has 1 aliphatic rings. The molecule has 2 amide bonds. The largest absolute Gasteiger partial charge is 0.481 e. The van der Waals surface area contributed by atoms with E-state index in [0.717, 1.165) is 17.2 Å². The third-order valence-corrected chi connectivity index (χ3v) is 10.0. The molecule has 0 spiro atoms. The monoisotopic (exact) mass is 793 g/mol. The number of aliphatic imine (C=N–C) groups is 1. The first-order valence-corrected chi connectivity index (χ1v) is 19.6. The van der Waals surface area contributed by atoms with Crippen LogP contribution in [0.15, 0.2) is 17.6 Å². The minimum atomic E-state index is -5.54. The number of imidazole rings is 1. The molecule has 3 heterocycles. The molecular weight excluding hydrogens is 755 g/mol. The number of nitrogens with zero attached hydrogens (tertiary/aromatic N) is 5. The Morgan fingerprint density at radius 3 is 2.44 bits per heavy atom. The van der Waals surface area contributed by atoms with Crippen LogP contribution >= 0.6 is 36.1 Å². The Kier molecular flexibility index (Phi) is 14.8. The second kappa shape index (κ2) is 17.5. The number of carbonyl (C=O) groups excluding carboxylic acids is 2. The average molecular weight is 794 g/mol. The van der Waals surface area contributed by atoms with E-state index in [0.29, 0.717) is 12.3 Å². The van der Waals surface area contributed by atoms with Gasteiger partial charge >= 0.3 is 23.5 Å². The first-order valence-electron chi connectivity index (χ1n) is 14.4. The normalized spacial score (nSPS) is 23.1. The number of aliphatic hydroxyl groups excluding tert-OH is 2. The van der Waals surface area contributed by atoms with E-state index in [-0.39, 0.29) is 35.9 Å². The van der Waals surface area contributed by atoms with Crippen LogP contribution in [0.25, 0.3) is 11.2 Å². The number of rotatable bonds is 19. The maximum Gasteiger partial charge on any atom is 0.481 e. The lowest BCUT2D eigenvalue weighted by molar-refractivity contribution is -0.137. The highest BCUT2D eigenvalue weighted by molar-refractivity contribution is 7.80. The van der Waals surface area contributed by atoms with Crippen molar-refractivity contribution in [2.45, 2.75) is 57.8 Å². The number of amides is 2. The van der Waals surface area contributed by atoms with Gasteiger partial charge in [0.25, 0.3) is 0 Å². The molecule has 50 heavy (non-hydrogen) atoms. The van der Waals surface area contributed by atoms with Crippen molar-refractivity contribution < 1.29 is 75.7 Å². The van der Waals surface area contributed by atoms with Crippen LogP contribution in [0.2, 0.25) is 0 Å². The van der Waals surface area contributed by atoms with Crippen molar-refractivity contribution in [2.75, 3.05) is 32.1 Å². The second-order valence-electron chi connectivity index (χ2n) is 11.1. The number of carbonyl (C=O) groups is 2. The fraction of sp³-hybridized carbons (Fsp3) is 0.652. The number of hydrogen-bond acceptors (Lipinski definition) is 17. The predicted octanol–water partition coefficient (Wildman–Crippen LogP) is -0.525. The van der Waals surface area contributed by atoms with Crippen LogP contribution in [0.3, 0.4) is 0 Å². The Labute approximate surface area is 289 Å². The number of ether oxygens (including phenoxy) is 1. The molecule has 0 saturated carbocycles. The summed E-state index contributed by atoms with van der Waals surface area (Å²) in [6, 6.07) is 0. The van der Waals surface area contributed by atoms with Crippen LogP contribution in [0.1, 0.15) is 33.4 Å². The van der Waals surface area contributed by atoms with Crippen molar-refractivity contribution in [1.82, 2.24) is 30.2 Å². The molecular formula is C23H38N7O16P3S. The van der Waals surface area contributed by atoms with E-state index in [2.05, 4.69) is 52.0 Å². The van der Waals surface area contributed by atoms with Gasteiger partial charge in [-0.1, -0.05) is 13.8 Å². The third-order valence-electron chi connectivity index (χ3n) is 6.72. The smallest absolute Gasteiger partial charge is 0.386 e. The van der Waals surface area contributed by atoms with E-state index in [1.807, 2.05) is 0 Å². The van der Waals surface area contributed by atoms with Gasteiger partial charge in [-0.2, -0.15) is 16.9 Å². The number of thiol groups is 1. The van der Waals surface area contributed by atoms with Gasteiger partial charge in [0, 0.05) is 36.9 Å². The van der Waals surface area contributed by atoms with Gasteiger partial charge in [-0.3, -0.25) is 27.7 Å². The minimum Gasteiger partial charge on any atom is -0.386 e. The van der Waals surface area contributed by atoms with Crippen molar-refractivity contribution >= 4 is 71.1 Å². The summed E-state index contributed by atoms with van der Waals surface area (Å²) in [5.74, 6) is -0.749. The zero-order valence-corrected chi connectivity index (χ0v) is 30.2. The van der Waals surface area contributed by atoms with Gasteiger partial charge in [-0.25, -0.2) is 33.6 Å². The second-order valence-corrected chi connectivity index (χ2v) is 15.8. The number of nitrogens with one attached hydrogen (secondary N) is 2. The van der Waals surface area contributed by atoms with Crippen molar-refractivity contribution in [2.24, 2.45) is 10.4 Å². The molecule has 8 N–H and O–H groups in total. The summed E-state index contributed by atoms with van der Waals surface area (Å²) < 4.78 is 62.1.